The van der Waals surface area contributed by atoms with Crippen molar-refractivity contribution in [3.63, 3.8) is 0 Å². The van der Waals surface area contributed by atoms with E-state index in [9.17, 15) is 13.6 Å². The maximum absolute atomic E-state index is 12.5. The highest BCUT2D eigenvalue weighted by Gasteiger charge is 2.19. The molecule has 0 bridgehead atoms. The number of pyridine rings is 3. The number of nitrogens with one attached hydrogen (secondary N) is 2. The van der Waals surface area contributed by atoms with Gasteiger partial charge in [-0.15, -0.1) is 0 Å². The molecule has 0 fully saturated rings. The number of amides is 2. The van der Waals surface area contributed by atoms with Crippen molar-refractivity contribution in [3.05, 3.63) is 45.8 Å². The van der Waals surface area contributed by atoms with E-state index in [0.717, 1.165) is 0 Å². The van der Waals surface area contributed by atoms with E-state index >= 15 is 0 Å². The van der Waals surface area contributed by atoms with Crippen molar-refractivity contribution in [3.8, 4) is 5.88 Å². The second kappa shape index (κ2) is 9.45. The Bertz CT molecular complexity index is 1090. The van der Waals surface area contributed by atoms with E-state index in [4.69, 9.17) is 16.3 Å². The van der Waals surface area contributed by atoms with Gasteiger partial charge in [-0.1, -0.05) is 11.6 Å². The molecule has 8 nitrogen and oxygen atoms in total. The van der Waals surface area contributed by atoms with Crippen LogP contribution in [0.25, 0.3) is 11.0 Å². The quantitative estimate of drug-likeness (QED) is 0.438. The van der Waals surface area contributed by atoms with E-state index in [1.807, 2.05) is 0 Å². The molecule has 2 N–H and O–H groups in total. The number of ether oxygens (including phenoxy) is 2. The lowest BCUT2D eigenvalue weighted by molar-refractivity contribution is -0.0533. The molecular weight excluding hydrogens is 488 g/mol. The maximum atomic E-state index is 12.5. The van der Waals surface area contributed by atoms with E-state index in [-0.39, 0.29) is 21.2 Å². The molecule has 3 aromatic heterocycles. The molecule has 1 unspecified atom stereocenters. The van der Waals surface area contributed by atoms with Gasteiger partial charge in [0.05, 0.1) is 45.4 Å². The molecule has 0 aromatic carbocycles. The van der Waals surface area contributed by atoms with Gasteiger partial charge in [-0.05, 0) is 41.1 Å². The van der Waals surface area contributed by atoms with Crippen molar-refractivity contribution in [1.82, 2.24) is 15.0 Å². The first-order valence-electron chi connectivity index (χ1n) is 8.44. The summed E-state index contributed by atoms with van der Waals surface area (Å²) in [5.41, 5.74) is 2.30. The third kappa shape index (κ3) is 5.10. The molecule has 1 atom stereocenters. The Morgan fingerprint density at radius 2 is 2.00 bits per heavy atom. The fourth-order valence-corrected chi connectivity index (χ4v) is 3.23. The Balaban J connectivity index is 1.85. The Kier molecular flexibility index (Phi) is 6.95. The van der Waals surface area contributed by atoms with Crippen molar-refractivity contribution in [2.45, 2.75) is 19.6 Å². The highest BCUT2D eigenvalue weighted by molar-refractivity contribution is 9.10. The van der Waals surface area contributed by atoms with Gasteiger partial charge in [-0.25, -0.2) is 14.8 Å². The number of anilines is 2. The number of carbonyl (C=O) groups excluding carboxylic acids is 1. The van der Waals surface area contributed by atoms with E-state index in [1.165, 1.54) is 25.6 Å². The zero-order valence-electron chi connectivity index (χ0n) is 15.6. The van der Waals surface area contributed by atoms with Crippen LogP contribution in [0, 0.1) is 0 Å². The Morgan fingerprint density at radius 1 is 1.23 bits per heavy atom. The van der Waals surface area contributed by atoms with Crippen LogP contribution < -0.4 is 15.4 Å². The summed E-state index contributed by atoms with van der Waals surface area (Å²) in [6.07, 6.45) is 2.25. The summed E-state index contributed by atoms with van der Waals surface area (Å²) >= 11 is 9.08. The molecule has 0 spiro atoms. The van der Waals surface area contributed by atoms with Crippen molar-refractivity contribution < 1.29 is 23.0 Å². The van der Waals surface area contributed by atoms with Crippen LogP contribution in [0.5, 0.6) is 5.88 Å². The number of hydrogen-bond acceptors (Lipinski definition) is 6. The van der Waals surface area contributed by atoms with Crippen molar-refractivity contribution in [1.29, 1.82) is 0 Å². The summed E-state index contributed by atoms with van der Waals surface area (Å²) < 4.78 is 34.5. The first kappa shape index (κ1) is 22.1. The number of carbonyl (C=O) groups is 1. The first-order valence-corrected chi connectivity index (χ1v) is 9.62. The third-order valence-corrected chi connectivity index (χ3v) is 4.77. The average molecular weight is 503 g/mol. The highest BCUT2D eigenvalue weighted by atomic mass is 79.9. The van der Waals surface area contributed by atoms with Gasteiger partial charge in [0, 0.05) is 12.7 Å². The molecule has 0 saturated carbocycles. The van der Waals surface area contributed by atoms with Gasteiger partial charge >= 0.3 is 12.6 Å². The van der Waals surface area contributed by atoms with Crippen LogP contribution in [-0.4, -0.2) is 34.7 Å². The van der Waals surface area contributed by atoms with E-state index in [1.54, 1.807) is 19.1 Å². The number of fused-ring (bicyclic) bond motifs is 1. The molecule has 3 heterocycles. The Labute approximate surface area is 183 Å². The first-order chi connectivity index (χ1) is 14.3. The van der Waals surface area contributed by atoms with Crippen LogP contribution in [-0.2, 0) is 4.74 Å². The lowest BCUT2D eigenvalue weighted by Crippen LogP contribution is -2.21. The zero-order chi connectivity index (χ0) is 21.8. The van der Waals surface area contributed by atoms with Crippen molar-refractivity contribution >= 4 is 56.0 Å². The van der Waals surface area contributed by atoms with E-state index in [0.29, 0.717) is 22.3 Å². The minimum absolute atomic E-state index is 0.153. The third-order valence-electron chi connectivity index (χ3n) is 3.99. The SMILES string of the molecule is COC(C)c1c(NC(=O)Nc2cnc(OC(F)F)c(Br)c2)cnc2ccc(Cl)nc12. The van der Waals surface area contributed by atoms with Crippen LogP contribution in [0.1, 0.15) is 18.6 Å². The number of hydrogen-bond donors (Lipinski definition) is 2. The predicted octanol–water partition coefficient (Wildman–Crippen LogP) is 5.39. The molecule has 0 aliphatic rings. The molecule has 0 aliphatic carbocycles. The molecule has 3 aromatic rings. The molecule has 2 amide bonds. The van der Waals surface area contributed by atoms with E-state index in [2.05, 4.69) is 46.3 Å². The van der Waals surface area contributed by atoms with Crippen LogP contribution in [0.2, 0.25) is 5.15 Å². The minimum atomic E-state index is -3.01. The second-order valence-electron chi connectivity index (χ2n) is 5.93. The normalized spacial score (nSPS) is 12.1. The van der Waals surface area contributed by atoms with Crippen molar-refractivity contribution in [2.75, 3.05) is 17.7 Å². The lowest BCUT2D eigenvalue weighted by atomic mass is 10.1. The lowest BCUT2D eigenvalue weighted by Gasteiger charge is -2.18. The summed E-state index contributed by atoms with van der Waals surface area (Å²) in [6, 6.07) is 4.10. The van der Waals surface area contributed by atoms with Gasteiger partial charge in [0.25, 0.3) is 0 Å². The monoisotopic (exact) mass is 501 g/mol. The number of urea groups is 1. The van der Waals surface area contributed by atoms with Crippen LogP contribution in [0.15, 0.2) is 35.1 Å². The summed E-state index contributed by atoms with van der Waals surface area (Å²) in [5, 5.41) is 5.51. The molecule has 30 heavy (non-hydrogen) atoms. The summed E-state index contributed by atoms with van der Waals surface area (Å²) in [4.78, 5) is 24.8. The molecule has 0 saturated heterocycles. The van der Waals surface area contributed by atoms with E-state index < -0.39 is 18.7 Å². The number of alkyl halides is 2. The standard InChI is InChI=1S/C18H15BrClF2N5O3/c1-8(29-2)14-12(7-23-11-3-4-13(20)27-15(11)14)26-18(28)25-9-5-10(19)16(24-6-9)30-17(21)22/h3-8,17H,1-2H3,(H2,25,26,28). The fraction of sp³-hybridized carbons (Fsp3) is 0.222. The largest absolute Gasteiger partial charge is 0.416 e. The number of nitrogens with zero attached hydrogens (tertiary/aromatic N) is 3. The van der Waals surface area contributed by atoms with Gasteiger partial charge in [-0.3, -0.25) is 4.98 Å². The Morgan fingerprint density at radius 3 is 2.67 bits per heavy atom. The molecule has 0 radical (unpaired) electrons. The summed E-state index contributed by atoms with van der Waals surface area (Å²) in [6.45, 7) is -1.22. The molecule has 158 valence electrons. The molecule has 3 rings (SSSR count). The number of methoxy groups -OCH3 is 1. The van der Waals surface area contributed by atoms with Gasteiger partial charge in [0.2, 0.25) is 5.88 Å². The highest BCUT2D eigenvalue weighted by Crippen LogP contribution is 2.32. The van der Waals surface area contributed by atoms with Crippen molar-refractivity contribution in [2.24, 2.45) is 0 Å². The fourth-order valence-electron chi connectivity index (χ4n) is 2.64. The van der Waals surface area contributed by atoms with Gasteiger partial charge in [0.15, 0.2) is 0 Å². The summed E-state index contributed by atoms with van der Waals surface area (Å²) in [7, 11) is 1.53. The number of aromatic nitrogens is 3. The Hall–Kier alpha value is -2.63. The molecule has 12 heteroatoms. The minimum Gasteiger partial charge on any atom is -0.416 e. The maximum Gasteiger partial charge on any atom is 0.388 e. The average Bonchev–Trinajstić information content (AvgIpc) is 2.69. The van der Waals surface area contributed by atoms with Gasteiger partial charge in [0.1, 0.15) is 5.15 Å². The van der Waals surface area contributed by atoms with Crippen LogP contribution >= 0.6 is 27.5 Å². The molecule has 0 aliphatic heterocycles. The number of halogens is 4. The van der Waals surface area contributed by atoms with Gasteiger partial charge in [-0.2, -0.15) is 8.78 Å². The number of rotatable bonds is 6. The molecular formula is C18H15BrClF2N5O3. The summed E-state index contributed by atoms with van der Waals surface area (Å²) in [5.74, 6) is -0.297. The topological polar surface area (TPSA) is 98.3 Å². The predicted molar refractivity (Wildman–Crippen MR) is 111 cm³/mol. The van der Waals surface area contributed by atoms with Crippen LogP contribution in [0.4, 0.5) is 25.0 Å². The zero-order valence-corrected chi connectivity index (χ0v) is 18.0. The second-order valence-corrected chi connectivity index (χ2v) is 7.18. The van der Waals surface area contributed by atoms with Crippen LogP contribution in [0.3, 0.4) is 0 Å². The smallest absolute Gasteiger partial charge is 0.388 e. The van der Waals surface area contributed by atoms with Gasteiger partial charge < -0.3 is 20.1 Å².